The second-order valence-corrected chi connectivity index (χ2v) is 10.0. The Kier molecular flexibility index (Phi) is 9.09. The zero-order chi connectivity index (χ0) is 27.1. The number of carbonyl (C=O) groups is 2. The molecule has 0 atom stereocenters. The number of carbonyl (C=O) groups excluding carboxylic acids is 2. The zero-order valence-corrected chi connectivity index (χ0v) is 23.4. The van der Waals surface area contributed by atoms with Crippen LogP contribution in [0.2, 0.25) is 0 Å². The summed E-state index contributed by atoms with van der Waals surface area (Å²) >= 11 is 4.74. The zero-order valence-electron chi connectivity index (χ0n) is 21.0. The van der Waals surface area contributed by atoms with Gasteiger partial charge in [0.15, 0.2) is 23.3 Å². The van der Waals surface area contributed by atoms with Crippen LogP contribution in [0.5, 0.6) is 17.2 Å². The van der Waals surface area contributed by atoms with Crippen LogP contribution in [0.1, 0.15) is 18.1 Å². The molecule has 1 aliphatic heterocycles. The van der Waals surface area contributed by atoms with Gasteiger partial charge < -0.3 is 24.8 Å². The molecule has 8 nitrogen and oxygen atoms in total. The lowest BCUT2D eigenvalue weighted by Crippen LogP contribution is -2.20. The quantitative estimate of drug-likeness (QED) is 0.291. The number of nitrogens with one attached hydrogen (secondary N) is 2. The highest BCUT2D eigenvalue weighted by Crippen LogP contribution is 2.38. The average Bonchev–Trinajstić information content (AvgIpc) is 3.23. The second-order valence-electron chi connectivity index (χ2n) is 8.15. The third-order valence-corrected chi connectivity index (χ3v) is 6.76. The summed E-state index contributed by atoms with van der Waals surface area (Å²) in [6.07, 6.45) is 1.74. The summed E-state index contributed by atoms with van der Waals surface area (Å²) in [5.41, 5.74) is 3.21. The Hall–Kier alpha value is -3.76. The van der Waals surface area contributed by atoms with E-state index in [1.165, 1.54) is 18.9 Å². The summed E-state index contributed by atoms with van der Waals surface area (Å²) < 4.78 is 17.3. The van der Waals surface area contributed by atoms with E-state index in [2.05, 4.69) is 31.6 Å². The minimum Gasteiger partial charge on any atom is -0.494 e. The van der Waals surface area contributed by atoms with E-state index in [1.54, 1.807) is 18.2 Å². The SMILES string of the molecule is CCOc1ccc(N=C2NC(=O)/C(=C\c3cc(Br)c(OCC(=O)Nc4ccc(C)cc4)c(OC)c3)S2)cc1. The van der Waals surface area contributed by atoms with Gasteiger partial charge in [-0.25, -0.2) is 4.99 Å². The van der Waals surface area contributed by atoms with Crippen LogP contribution in [-0.4, -0.2) is 37.3 Å². The predicted octanol–water partition coefficient (Wildman–Crippen LogP) is 6.07. The van der Waals surface area contributed by atoms with Crippen LogP contribution in [0.15, 0.2) is 75.0 Å². The Balaban J connectivity index is 1.44. The Morgan fingerprint density at radius 1 is 1.11 bits per heavy atom. The number of hydrogen-bond donors (Lipinski definition) is 2. The molecule has 2 N–H and O–H groups in total. The molecular weight excluding hydrogens is 570 g/mol. The lowest BCUT2D eigenvalue weighted by Gasteiger charge is -2.14. The number of halogens is 1. The molecule has 0 saturated carbocycles. The number of amides is 2. The van der Waals surface area contributed by atoms with Crippen molar-refractivity contribution in [1.29, 1.82) is 0 Å². The number of hydrogen-bond acceptors (Lipinski definition) is 7. The van der Waals surface area contributed by atoms with Crippen LogP contribution in [-0.2, 0) is 9.59 Å². The van der Waals surface area contributed by atoms with Gasteiger partial charge in [-0.2, -0.15) is 0 Å². The maximum atomic E-state index is 12.6. The summed E-state index contributed by atoms with van der Waals surface area (Å²) in [5.74, 6) is 1.02. The maximum absolute atomic E-state index is 12.6. The fourth-order valence-electron chi connectivity index (χ4n) is 3.47. The number of aryl methyl sites for hydroxylation is 1. The normalized spacial score (nSPS) is 14.9. The third-order valence-electron chi connectivity index (χ3n) is 5.26. The van der Waals surface area contributed by atoms with Crippen molar-refractivity contribution in [3.05, 3.63) is 81.2 Å². The number of aliphatic imine (C=N–C) groups is 1. The first-order chi connectivity index (χ1) is 18.3. The van der Waals surface area contributed by atoms with Crippen molar-refractivity contribution in [2.45, 2.75) is 13.8 Å². The first-order valence-electron chi connectivity index (χ1n) is 11.7. The van der Waals surface area contributed by atoms with Gasteiger partial charge in [0.25, 0.3) is 11.8 Å². The predicted molar refractivity (Wildman–Crippen MR) is 154 cm³/mol. The third kappa shape index (κ3) is 7.17. The van der Waals surface area contributed by atoms with Gasteiger partial charge in [0.05, 0.1) is 28.8 Å². The van der Waals surface area contributed by atoms with E-state index in [4.69, 9.17) is 14.2 Å². The number of benzene rings is 3. The van der Waals surface area contributed by atoms with Gasteiger partial charge >= 0.3 is 0 Å². The first kappa shape index (κ1) is 27.3. The van der Waals surface area contributed by atoms with Crippen LogP contribution in [0.4, 0.5) is 11.4 Å². The number of methoxy groups -OCH3 is 1. The molecule has 0 bridgehead atoms. The lowest BCUT2D eigenvalue weighted by atomic mass is 10.2. The number of anilines is 1. The van der Waals surface area contributed by atoms with Crippen molar-refractivity contribution in [3.8, 4) is 17.2 Å². The molecule has 0 spiro atoms. The molecular formula is C28H26BrN3O5S. The van der Waals surface area contributed by atoms with E-state index in [9.17, 15) is 9.59 Å². The average molecular weight is 597 g/mol. The summed E-state index contributed by atoms with van der Waals surface area (Å²) in [5, 5.41) is 6.06. The van der Waals surface area contributed by atoms with Crippen molar-refractivity contribution in [1.82, 2.24) is 5.32 Å². The molecule has 4 rings (SSSR count). The van der Waals surface area contributed by atoms with Crippen molar-refractivity contribution in [2.75, 3.05) is 25.6 Å². The molecule has 1 aliphatic rings. The number of rotatable bonds is 9. The van der Waals surface area contributed by atoms with Crippen LogP contribution < -0.4 is 24.8 Å². The Morgan fingerprint density at radius 3 is 2.53 bits per heavy atom. The topological polar surface area (TPSA) is 98.3 Å². The van der Waals surface area contributed by atoms with Gasteiger partial charge in [-0.1, -0.05) is 17.7 Å². The molecule has 10 heteroatoms. The van der Waals surface area contributed by atoms with Gasteiger partial charge in [0, 0.05) is 5.69 Å². The highest BCUT2D eigenvalue weighted by molar-refractivity contribution is 9.10. The van der Waals surface area contributed by atoms with Crippen LogP contribution in [0.3, 0.4) is 0 Å². The highest BCUT2D eigenvalue weighted by atomic mass is 79.9. The minimum absolute atomic E-state index is 0.201. The van der Waals surface area contributed by atoms with Crippen molar-refractivity contribution >= 4 is 62.1 Å². The summed E-state index contributed by atoms with van der Waals surface area (Å²) in [7, 11) is 1.51. The first-order valence-corrected chi connectivity index (χ1v) is 13.3. The largest absolute Gasteiger partial charge is 0.494 e. The molecule has 1 saturated heterocycles. The van der Waals surface area contributed by atoms with E-state index < -0.39 is 0 Å². The Labute approximate surface area is 233 Å². The number of nitrogens with zero attached hydrogens (tertiary/aromatic N) is 1. The van der Waals surface area contributed by atoms with E-state index in [0.29, 0.717) is 49.6 Å². The number of ether oxygens (including phenoxy) is 3. The van der Waals surface area contributed by atoms with Crippen molar-refractivity contribution in [3.63, 3.8) is 0 Å². The molecule has 38 heavy (non-hydrogen) atoms. The number of thioether (sulfide) groups is 1. The fraction of sp³-hybridized carbons (Fsp3) is 0.179. The number of amidine groups is 1. The fourth-order valence-corrected chi connectivity index (χ4v) is 4.88. The van der Waals surface area contributed by atoms with Crippen LogP contribution in [0.25, 0.3) is 6.08 Å². The van der Waals surface area contributed by atoms with Gasteiger partial charge in [-0.05, 0) is 102 Å². The molecule has 0 aromatic heterocycles. The molecule has 0 radical (unpaired) electrons. The monoisotopic (exact) mass is 595 g/mol. The van der Waals surface area contributed by atoms with Gasteiger partial charge in [0.2, 0.25) is 0 Å². The molecule has 2 amide bonds. The molecule has 3 aromatic rings. The minimum atomic E-state index is -0.299. The maximum Gasteiger partial charge on any atom is 0.264 e. The molecule has 1 heterocycles. The van der Waals surface area contributed by atoms with E-state index >= 15 is 0 Å². The van der Waals surface area contributed by atoms with Gasteiger partial charge in [0.1, 0.15) is 5.75 Å². The molecule has 1 fully saturated rings. The van der Waals surface area contributed by atoms with E-state index in [-0.39, 0.29) is 18.4 Å². The van der Waals surface area contributed by atoms with Gasteiger partial charge in [-0.3, -0.25) is 9.59 Å². The second kappa shape index (κ2) is 12.7. The van der Waals surface area contributed by atoms with Crippen LogP contribution >= 0.6 is 27.7 Å². The van der Waals surface area contributed by atoms with Gasteiger partial charge in [-0.15, -0.1) is 0 Å². The summed E-state index contributed by atoms with van der Waals surface area (Å²) in [6, 6.07) is 18.3. The van der Waals surface area contributed by atoms with E-state index in [1.807, 2.05) is 62.4 Å². The molecule has 0 unspecified atom stereocenters. The standard InChI is InChI=1S/C28H26BrN3O5S/c1-4-36-21-11-9-20(10-12-21)31-28-32-27(34)24(38-28)15-18-13-22(29)26(23(14-18)35-3)37-16-25(33)30-19-7-5-17(2)6-8-19/h5-15H,4,16H2,1-3H3,(H,30,33)(H,31,32,34)/b24-15+. The van der Waals surface area contributed by atoms with Crippen LogP contribution in [0, 0.1) is 6.92 Å². The Morgan fingerprint density at radius 2 is 1.84 bits per heavy atom. The van der Waals surface area contributed by atoms with E-state index in [0.717, 1.165) is 11.3 Å². The summed E-state index contributed by atoms with van der Waals surface area (Å²) in [6.45, 7) is 4.29. The smallest absolute Gasteiger partial charge is 0.264 e. The van der Waals surface area contributed by atoms with Crippen molar-refractivity contribution < 1.29 is 23.8 Å². The lowest BCUT2D eigenvalue weighted by molar-refractivity contribution is -0.118. The summed E-state index contributed by atoms with van der Waals surface area (Å²) in [4.78, 5) is 29.9. The molecule has 0 aliphatic carbocycles. The van der Waals surface area contributed by atoms with Crippen molar-refractivity contribution in [2.24, 2.45) is 4.99 Å². The molecule has 3 aromatic carbocycles. The molecule has 196 valence electrons. The highest BCUT2D eigenvalue weighted by Gasteiger charge is 2.24. The Bertz CT molecular complexity index is 1390.